The summed E-state index contributed by atoms with van der Waals surface area (Å²) in [4.78, 5) is 16.2. The molecular weight excluding hydrogens is 330 g/mol. The quantitative estimate of drug-likeness (QED) is 0.875. The second-order valence-electron chi connectivity index (χ2n) is 6.83. The summed E-state index contributed by atoms with van der Waals surface area (Å²) in [5.74, 6) is 0.972. The number of carbonyl (C=O) groups excluding carboxylic acids is 1. The highest BCUT2D eigenvalue weighted by atomic mass is 16.7. The Bertz CT molecular complexity index is 773. The largest absolute Gasteiger partial charge is 0.448 e. The summed E-state index contributed by atoms with van der Waals surface area (Å²) in [7, 11) is 0. The molecule has 136 valence electrons. The molecule has 6 heteroatoms. The van der Waals surface area contributed by atoms with Gasteiger partial charge in [-0.1, -0.05) is 12.5 Å². The molecule has 1 aliphatic heterocycles. The summed E-state index contributed by atoms with van der Waals surface area (Å²) >= 11 is 0. The summed E-state index contributed by atoms with van der Waals surface area (Å²) in [5.41, 5.74) is 1.78. The van der Waals surface area contributed by atoms with Crippen LogP contribution in [0.1, 0.15) is 37.7 Å². The number of fused-ring (bicyclic) bond motifs is 1. The number of amides is 2. The summed E-state index contributed by atoms with van der Waals surface area (Å²) in [6.07, 6.45) is 9.59. The van der Waals surface area contributed by atoms with Gasteiger partial charge < -0.3 is 20.1 Å². The Balaban J connectivity index is 1.31. The molecule has 1 saturated carbocycles. The lowest BCUT2D eigenvalue weighted by molar-refractivity contribution is -0.105. The van der Waals surface area contributed by atoms with E-state index in [1.54, 1.807) is 12.4 Å². The topological polar surface area (TPSA) is 72.5 Å². The Hall–Kier alpha value is -2.76. The first-order valence-corrected chi connectivity index (χ1v) is 9.18. The molecule has 2 amide bonds. The molecule has 2 N–H and O–H groups in total. The maximum atomic E-state index is 12.1. The molecule has 2 aromatic rings. The fourth-order valence-electron chi connectivity index (χ4n) is 3.51. The van der Waals surface area contributed by atoms with Gasteiger partial charge in [-0.2, -0.15) is 0 Å². The normalized spacial score (nSPS) is 17.1. The molecule has 1 aliphatic carbocycles. The predicted molar refractivity (Wildman–Crippen MR) is 98.5 cm³/mol. The Morgan fingerprint density at radius 3 is 2.77 bits per heavy atom. The van der Waals surface area contributed by atoms with E-state index in [1.807, 2.05) is 30.3 Å². The average Bonchev–Trinajstić information content (AvgIpc) is 2.99. The summed E-state index contributed by atoms with van der Waals surface area (Å²) in [6.45, 7) is 0.547. The number of benzene rings is 1. The molecule has 0 bridgehead atoms. The monoisotopic (exact) mass is 353 g/mol. The van der Waals surface area contributed by atoms with E-state index in [0.717, 1.165) is 43.4 Å². The van der Waals surface area contributed by atoms with Gasteiger partial charge in [0.25, 0.3) is 5.79 Å². The van der Waals surface area contributed by atoms with Crippen molar-refractivity contribution in [1.29, 1.82) is 0 Å². The molecule has 0 atom stereocenters. The van der Waals surface area contributed by atoms with Crippen LogP contribution in [0.25, 0.3) is 0 Å². The van der Waals surface area contributed by atoms with Crippen molar-refractivity contribution in [2.24, 2.45) is 0 Å². The second-order valence-corrected chi connectivity index (χ2v) is 6.83. The summed E-state index contributed by atoms with van der Waals surface area (Å²) < 4.78 is 12.1. The van der Waals surface area contributed by atoms with Gasteiger partial charge in [0.1, 0.15) is 0 Å². The van der Waals surface area contributed by atoms with Crippen molar-refractivity contribution in [2.75, 3.05) is 11.9 Å². The van der Waals surface area contributed by atoms with E-state index in [2.05, 4.69) is 15.6 Å². The average molecular weight is 353 g/mol. The zero-order valence-electron chi connectivity index (χ0n) is 14.7. The van der Waals surface area contributed by atoms with Crippen LogP contribution >= 0.6 is 0 Å². The van der Waals surface area contributed by atoms with Crippen LogP contribution in [0.2, 0.25) is 0 Å². The van der Waals surface area contributed by atoms with Crippen LogP contribution in [0.3, 0.4) is 0 Å². The van der Waals surface area contributed by atoms with E-state index in [0.29, 0.717) is 18.0 Å². The molecule has 1 fully saturated rings. The van der Waals surface area contributed by atoms with Gasteiger partial charge in [0.2, 0.25) is 0 Å². The minimum absolute atomic E-state index is 0.236. The highest BCUT2D eigenvalue weighted by Gasteiger charge is 2.42. The summed E-state index contributed by atoms with van der Waals surface area (Å²) in [5, 5.41) is 5.70. The molecule has 1 spiro atoms. The van der Waals surface area contributed by atoms with Crippen molar-refractivity contribution in [3.63, 3.8) is 0 Å². The van der Waals surface area contributed by atoms with Gasteiger partial charge in [0, 0.05) is 43.5 Å². The number of pyridine rings is 1. The number of hydrogen-bond donors (Lipinski definition) is 2. The van der Waals surface area contributed by atoms with Crippen LogP contribution in [0.4, 0.5) is 10.5 Å². The Morgan fingerprint density at radius 1 is 1.12 bits per heavy atom. The molecule has 1 aromatic carbocycles. The lowest BCUT2D eigenvalue weighted by Gasteiger charge is -2.31. The fraction of sp³-hybridized carbons (Fsp3) is 0.400. The van der Waals surface area contributed by atoms with Crippen LogP contribution in [-0.4, -0.2) is 23.3 Å². The molecule has 0 saturated heterocycles. The third kappa shape index (κ3) is 3.74. The van der Waals surface area contributed by atoms with E-state index in [9.17, 15) is 4.79 Å². The van der Waals surface area contributed by atoms with Crippen molar-refractivity contribution >= 4 is 11.7 Å². The number of urea groups is 1. The van der Waals surface area contributed by atoms with Crippen molar-refractivity contribution in [3.8, 4) is 11.5 Å². The number of rotatable bonds is 4. The van der Waals surface area contributed by atoms with Gasteiger partial charge in [0.05, 0.1) is 0 Å². The van der Waals surface area contributed by atoms with Gasteiger partial charge in [-0.3, -0.25) is 4.98 Å². The van der Waals surface area contributed by atoms with E-state index >= 15 is 0 Å². The third-order valence-corrected chi connectivity index (χ3v) is 4.83. The van der Waals surface area contributed by atoms with Crippen LogP contribution in [0.15, 0.2) is 42.7 Å². The minimum Gasteiger partial charge on any atom is -0.448 e. The number of carbonyl (C=O) groups is 1. The van der Waals surface area contributed by atoms with Gasteiger partial charge in [-0.05, 0) is 43.0 Å². The predicted octanol–water partition coefficient (Wildman–Crippen LogP) is 3.88. The Morgan fingerprint density at radius 2 is 1.96 bits per heavy atom. The molecule has 1 aromatic heterocycles. The SMILES string of the molecule is O=C(NCCc1cccnc1)Nc1ccc2c(c1)OC1(CCCCC1)O2. The lowest BCUT2D eigenvalue weighted by Crippen LogP contribution is -2.40. The second kappa shape index (κ2) is 7.23. The molecule has 2 heterocycles. The maximum absolute atomic E-state index is 12.1. The van der Waals surface area contributed by atoms with Crippen LogP contribution in [0.5, 0.6) is 11.5 Å². The number of anilines is 1. The summed E-state index contributed by atoms with van der Waals surface area (Å²) in [6, 6.07) is 9.18. The van der Waals surface area contributed by atoms with E-state index in [-0.39, 0.29) is 6.03 Å². The highest BCUT2D eigenvalue weighted by molar-refractivity contribution is 5.89. The first kappa shape index (κ1) is 16.7. The van der Waals surface area contributed by atoms with Crippen molar-refractivity contribution in [1.82, 2.24) is 10.3 Å². The smallest absolute Gasteiger partial charge is 0.319 e. The first-order chi connectivity index (χ1) is 12.7. The van der Waals surface area contributed by atoms with Crippen LogP contribution < -0.4 is 20.1 Å². The third-order valence-electron chi connectivity index (χ3n) is 4.83. The zero-order chi connectivity index (χ0) is 17.8. The molecule has 0 radical (unpaired) electrons. The van der Waals surface area contributed by atoms with Crippen molar-refractivity contribution < 1.29 is 14.3 Å². The zero-order valence-corrected chi connectivity index (χ0v) is 14.7. The molecular formula is C20H23N3O3. The Labute approximate surface area is 152 Å². The van der Waals surface area contributed by atoms with Crippen molar-refractivity contribution in [3.05, 3.63) is 48.3 Å². The molecule has 26 heavy (non-hydrogen) atoms. The van der Waals surface area contributed by atoms with Crippen LogP contribution in [0, 0.1) is 0 Å². The van der Waals surface area contributed by atoms with Gasteiger partial charge in [0.15, 0.2) is 11.5 Å². The van der Waals surface area contributed by atoms with Crippen molar-refractivity contribution in [2.45, 2.75) is 44.3 Å². The number of nitrogens with zero attached hydrogens (tertiary/aromatic N) is 1. The van der Waals surface area contributed by atoms with E-state index in [1.165, 1.54) is 6.42 Å². The Kier molecular flexibility index (Phi) is 4.65. The van der Waals surface area contributed by atoms with Crippen LogP contribution in [-0.2, 0) is 6.42 Å². The van der Waals surface area contributed by atoms with Gasteiger partial charge in [-0.25, -0.2) is 4.79 Å². The number of aromatic nitrogens is 1. The molecule has 2 aliphatic rings. The van der Waals surface area contributed by atoms with Gasteiger partial charge in [-0.15, -0.1) is 0 Å². The highest BCUT2D eigenvalue weighted by Crippen LogP contribution is 2.46. The number of nitrogens with one attached hydrogen (secondary N) is 2. The number of ether oxygens (including phenoxy) is 2. The standard InChI is InChI=1S/C20H23N3O3/c24-19(22-12-8-15-5-4-11-21-14-15)23-16-6-7-17-18(13-16)26-20(25-17)9-2-1-3-10-20/h4-7,11,13-14H,1-3,8-10,12H2,(H2,22,23,24). The molecule has 0 unspecified atom stereocenters. The molecule has 6 nitrogen and oxygen atoms in total. The lowest BCUT2D eigenvalue weighted by atomic mass is 9.94. The number of hydrogen-bond acceptors (Lipinski definition) is 4. The van der Waals surface area contributed by atoms with E-state index < -0.39 is 5.79 Å². The minimum atomic E-state index is -0.495. The maximum Gasteiger partial charge on any atom is 0.319 e. The first-order valence-electron chi connectivity index (χ1n) is 9.18. The van der Waals surface area contributed by atoms with E-state index in [4.69, 9.17) is 9.47 Å². The molecule has 4 rings (SSSR count). The van der Waals surface area contributed by atoms with Gasteiger partial charge >= 0.3 is 6.03 Å². The fourth-order valence-corrected chi connectivity index (χ4v) is 3.51.